The molecule has 1 fully saturated rings. The van der Waals surface area contributed by atoms with Gasteiger partial charge in [0.15, 0.2) is 5.11 Å². The number of carbonyl (C=O) groups excluding carboxylic acids is 1. The van der Waals surface area contributed by atoms with E-state index in [0.717, 1.165) is 40.0 Å². The molecule has 3 aromatic carbocycles. The number of ether oxygens (including phenoxy) is 1. The highest BCUT2D eigenvalue weighted by Gasteiger charge is 2.42. The van der Waals surface area contributed by atoms with Gasteiger partial charge in [-0.15, -0.1) is 11.3 Å². The molecular formula is C33H34N2O3S2. The summed E-state index contributed by atoms with van der Waals surface area (Å²) in [5, 5.41) is 16.9. The molecule has 5 rings (SSSR count). The molecular weight excluding hydrogens is 537 g/mol. The second-order valence-electron chi connectivity index (χ2n) is 10.0. The van der Waals surface area contributed by atoms with E-state index in [-0.39, 0.29) is 11.9 Å². The molecule has 4 aromatic rings. The SMILES string of the molecule is CCOC(=O)c1c(NC(=S)N2CCC(C(O)(c3ccccc3)c3ccccc3)CC2)sc(C)c1-c1ccccc1. The van der Waals surface area contributed by atoms with Gasteiger partial charge in [0.05, 0.1) is 6.61 Å². The van der Waals surface area contributed by atoms with Crippen LogP contribution >= 0.6 is 23.6 Å². The number of hydrogen-bond acceptors (Lipinski definition) is 5. The highest BCUT2D eigenvalue weighted by Crippen LogP contribution is 2.43. The van der Waals surface area contributed by atoms with E-state index in [0.29, 0.717) is 35.4 Å². The average molecular weight is 571 g/mol. The van der Waals surface area contributed by atoms with Gasteiger partial charge in [0.25, 0.3) is 0 Å². The fraction of sp³-hybridized carbons (Fsp3) is 0.273. The Morgan fingerprint density at radius 3 is 2.02 bits per heavy atom. The van der Waals surface area contributed by atoms with Crippen molar-refractivity contribution in [1.29, 1.82) is 0 Å². The lowest BCUT2D eigenvalue weighted by Gasteiger charge is -2.43. The minimum atomic E-state index is -1.09. The third kappa shape index (κ3) is 5.55. The van der Waals surface area contributed by atoms with Crippen molar-refractivity contribution in [1.82, 2.24) is 4.90 Å². The minimum Gasteiger partial charge on any atom is -0.462 e. The van der Waals surface area contributed by atoms with Gasteiger partial charge in [0.2, 0.25) is 0 Å². The van der Waals surface area contributed by atoms with E-state index >= 15 is 0 Å². The molecule has 5 nitrogen and oxygen atoms in total. The summed E-state index contributed by atoms with van der Waals surface area (Å²) < 4.78 is 5.45. The van der Waals surface area contributed by atoms with Gasteiger partial charge in [-0.3, -0.25) is 0 Å². The molecule has 0 bridgehead atoms. The molecule has 0 unspecified atom stereocenters. The second-order valence-corrected chi connectivity index (χ2v) is 11.6. The Labute approximate surface area is 245 Å². The maximum atomic E-state index is 13.1. The summed E-state index contributed by atoms with van der Waals surface area (Å²) in [4.78, 5) is 16.3. The number of aryl methyl sites for hydroxylation is 1. The van der Waals surface area contributed by atoms with E-state index in [9.17, 15) is 9.90 Å². The van der Waals surface area contributed by atoms with Crippen molar-refractivity contribution < 1.29 is 14.6 Å². The van der Waals surface area contributed by atoms with E-state index in [1.807, 2.05) is 105 Å². The number of carbonyl (C=O) groups is 1. The van der Waals surface area contributed by atoms with Crippen molar-refractivity contribution in [2.75, 3.05) is 25.0 Å². The molecule has 0 atom stereocenters. The van der Waals surface area contributed by atoms with Crippen molar-refractivity contribution in [3.63, 3.8) is 0 Å². The van der Waals surface area contributed by atoms with Gasteiger partial charge in [-0.1, -0.05) is 91.0 Å². The maximum Gasteiger partial charge on any atom is 0.341 e. The highest BCUT2D eigenvalue weighted by molar-refractivity contribution is 7.80. The van der Waals surface area contributed by atoms with Gasteiger partial charge in [-0.05, 0) is 61.5 Å². The lowest BCUT2D eigenvalue weighted by Crippen LogP contribution is -2.47. The van der Waals surface area contributed by atoms with Gasteiger partial charge >= 0.3 is 5.97 Å². The molecule has 0 saturated carbocycles. The maximum absolute atomic E-state index is 13.1. The van der Waals surface area contributed by atoms with Gasteiger partial charge in [0.1, 0.15) is 16.2 Å². The zero-order valence-electron chi connectivity index (χ0n) is 22.8. The van der Waals surface area contributed by atoms with Crippen molar-refractivity contribution in [3.8, 4) is 11.1 Å². The summed E-state index contributed by atoms with van der Waals surface area (Å²) in [5.41, 5.74) is 3.10. The fourth-order valence-electron chi connectivity index (χ4n) is 5.68. The van der Waals surface area contributed by atoms with Gasteiger partial charge < -0.3 is 20.1 Å². The highest BCUT2D eigenvalue weighted by atomic mass is 32.1. The van der Waals surface area contributed by atoms with Crippen LogP contribution in [0.25, 0.3) is 11.1 Å². The summed E-state index contributed by atoms with van der Waals surface area (Å²) >= 11 is 7.38. The van der Waals surface area contributed by atoms with Crippen LogP contribution in [0.3, 0.4) is 0 Å². The van der Waals surface area contributed by atoms with Crippen LogP contribution in [0.2, 0.25) is 0 Å². The molecule has 0 amide bonds. The third-order valence-electron chi connectivity index (χ3n) is 7.65. The number of piperidine rings is 1. The lowest BCUT2D eigenvalue weighted by molar-refractivity contribution is -0.00631. The Bertz CT molecular complexity index is 1410. The van der Waals surface area contributed by atoms with Crippen LogP contribution < -0.4 is 5.32 Å². The summed E-state index contributed by atoms with van der Waals surface area (Å²) in [7, 11) is 0. The monoisotopic (exact) mass is 570 g/mol. The van der Waals surface area contributed by atoms with Crippen LogP contribution in [0.1, 0.15) is 46.1 Å². The average Bonchev–Trinajstić information content (AvgIpc) is 3.33. The van der Waals surface area contributed by atoms with Crippen LogP contribution in [-0.2, 0) is 10.3 Å². The first-order valence-electron chi connectivity index (χ1n) is 13.7. The summed E-state index contributed by atoms with van der Waals surface area (Å²) in [5.74, 6) is -0.328. The molecule has 40 heavy (non-hydrogen) atoms. The molecule has 7 heteroatoms. The van der Waals surface area contributed by atoms with Crippen LogP contribution in [0.5, 0.6) is 0 Å². The molecule has 0 radical (unpaired) electrons. The Balaban J connectivity index is 1.36. The molecule has 1 aliphatic heterocycles. The predicted octanol–water partition coefficient (Wildman–Crippen LogP) is 7.25. The topological polar surface area (TPSA) is 61.8 Å². The fourth-order valence-corrected chi connectivity index (χ4v) is 7.09. The number of hydrogen-bond donors (Lipinski definition) is 2. The van der Waals surface area contributed by atoms with Crippen molar-refractivity contribution >= 4 is 39.6 Å². The normalized spacial score (nSPS) is 14.1. The molecule has 2 N–H and O–H groups in total. The zero-order chi connectivity index (χ0) is 28.1. The molecule has 0 spiro atoms. The zero-order valence-corrected chi connectivity index (χ0v) is 24.4. The molecule has 0 aliphatic carbocycles. The molecule has 1 aromatic heterocycles. The number of thiophene rings is 1. The van der Waals surface area contributed by atoms with E-state index in [1.165, 1.54) is 11.3 Å². The van der Waals surface area contributed by atoms with E-state index in [1.54, 1.807) is 0 Å². The summed E-state index contributed by atoms with van der Waals surface area (Å²) in [6.07, 6.45) is 1.54. The van der Waals surface area contributed by atoms with Crippen LogP contribution in [0.15, 0.2) is 91.0 Å². The largest absolute Gasteiger partial charge is 0.462 e. The smallest absolute Gasteiger partial charge is 0.341 e. The van der Waals surface area contributed by atoms with Crippen molar-refractivity contribution in [2.24, 2.45) is 5.92 Å². The predicted molar refractivity (Wildman–Crippen MR) is 167 cm³/mol. The Morgan fingerprint density at radius 1 is 0.975 bits per heavy atom. The Morgan fingerprint density at radius 2 is 1.50 bits per heavy atom. The molecule has 1 saturated heterocycles. The van der Waals surface area contributed by atoms with Gasteiger partial charge in [-0.25, -0.2) is 4.79 Å². The summed E-state index contributed by atoms with van der Waals surface area (Å²) in [6, 6.07) is 29.8. The van der Waals surface area contributed by atoms with Gasteiger partial charge in [0, 0.05) is 23.5 Å². The quantitative estimate of drug-likeness (QED) is 0.180. The number of aliphatic hydroxyl groups is 1. The standard InChI is InChI=1S/C33H34N2O3S2/c1-3-38-31(36)29-28(24-13-7-4-8-14-24)23(2)40-30(29)34-32(39)35-21-19-27(20-22-35)33(37,25-15-9-5-10-16-25)26-17-11-6-12-18-26/h4-18,27,37H,3,19-22H2,1-2H3,(H,34,39). The Kier molecular flexibility index (Phi) is 8.64. The number of thiocarbonyl (C=S) groups is 1. The number of benzene rings is 3. The van der Waals surface area contributed by atoms with E-state index in [2.05, 4.69) is 10.2 Å². The number of nitrogens with one attached hydrogen (secondary N) is 1. The van der Waals surface area contributed by atoms with Crippen molar-refractivity contribution in [2.45, 2.75) is 32.3 Å². The molecule has 206 valence electrons. The number of anilines is 1. The number of esters is 1. The van der Waals surface area contributed by atoms with Crippen LogP contribution in [0, 0.1) is 12.8 Å². The number of rotatable bonds is 7. The Hall–Kier alpha value is -3.52. The number of likely N-dealkylation sites (tertiary alicyclic amines) is 1. The van der Waals surface area contributed by atoms with Gasteiger partial charge in [-0.2, -0.15) is 0 Å². The minimum absolute atomic E-state index is 0.0279. The summed E-state index contributed by atoms with van der Waals surface area (Å²) in [6.45, 7) is 5.52. The third-order valence-corrected chi connectivity index (χ3v) is 9.03. The lowest BCUT2D eigenvalue weighted by atomic mass is 9.72. The first-order valence-corrected chi connectivity index (χ1v) is 14.9. The first-order chi connectivity index (χ1) is 19.4. The molecule has 2 heterocycles. The van der Waals surface area contributed by atoms with Crippen molar-refractivity contribution in [3.05, 3.63) is 113 Å². The van der Waals surface area contributed by atoms with E-state index < -0.39 is 5.60 Å². The van der Waals surface area contributed by atoms with E-state index in [4.69, 9.17) is 17.0 Å². The second kappa shape index (κ2) is 12.3. The molecule has 1 aliphatic rings. The van der Waals surface area contributed by atoms with Crippen LogP contribution in [0.4, 0.5) is 5.00 Å². The van der Waals surface area contributed by atoms with Crippen LogP contribution in [-0.4, -0.2) is 40.8 Å². The number of nitrogens with zero attached hydrogens (tertiary/aromatic N) is 1. The first kappa shape index (κ1) is 28.0.